The highest BCUT2D eigenvalue weighted by Crippen LogP contribution is 2.56. The predicted octanol–water partition coefficient (Wildman–Crippen LogP) is 5.27. The van der Waals surface area contributed by atoms with Gasteiger partial charge >= 0.3 is 0 Å². The highest BCUT2D eigenvalue weighted by atomic mass is 32.1. The van der Waals surface area contributed by atoms with Crippen molar-refractivity contribution in [2.45, 2.75) is 44.6 Å². The number of aromatic nitrogens is 4. The molecule has 3 saturated heterocycles. The van der Waals surface area contributed by atoms with Gasteiger partial charge in [0.1, 0.15) is 5.60 Å². The van der Waals surface area contributed by atoms with Gasteiger partial charge in [-0.05, 0) is 49.7 Å². The summed E-state index contributed by atoms with van der Waals surface area (Å²) in [7, 11) is 0. The summed E-state index contributed by atoms with van der Waals surface area (Å²) in [4.78, 5) is 13.9. The van der Waals surface area contributed by atoms with Crippen LogP contribution < -0.4 is 4.90 Å². The van der Waals surface area contributed by atoms with Crippen molar-refractivity contribution in [3.8, 4) is 11.4 Å². The molecule has 7 nitrogen and oxygen atoms in total. The number of H-pyrrole nitrogens is 1. The molecule has 1 N–H and O–H groups in total. The van der Waals surface area contributed by atoms with E-state index in [9.17, 15) is 0 Å². The first-order valence-corrected chi connectivity index (χ1v) is 13.2. The Hall–Kier alpha value is -2.55. The highest BCUT2D eigenvalue weighted by molar-refractivity contribution is 7.19. The summed E-state index contributed by atoms with van der Waals surface area (Å²) < 4.78 is 13.4. The molecule has 4 aliphatic rings. The second kappa shape index (κ2) is 7.73. The van der Waals surface area contributed by atoms with E-state index >= 15 is 0 Å². The van der Waals surface area contributed by atoms with Gasteiger partial charge in [0, 0.05) is 28.9 Å². The lowest BCUT2D eigenvalue weighted by Crippen LogP contribution is -2.48. The van der Waals surface area contributed by atoms with Gasteiger partial charge < -0.3 is 14.4 Å². The van der Waals surface area contributed by atoms with E-state index in [2.05, 4.69) is 34.2 Å². The second-order valence-electron chi connectivity index (χ2n) is 10.1. The standard InChI is InChI=1S/C26H29N5O2S/c1-2-25-6-8-26(9-7-25,33-16-25)21-14-20-22(34-21)24(31-10-12-32-13-11-31)29-23(28-20)17-4-3-5-19-18(17)15-27-30-19/h3-5,14-15H,2,6-13,16H2,1H3,(H,27,30). The first-order chi connectivity index (χ1) is 16.7. The van der Waals surface area contributed by atoms with Crippen LogP contribution >= 0.6 is 11.3 Å². The Morgan fingerprint density at radius 1 is 1.12 bits per heavy atom. The minimum Gasteiger partial charge on any atom is -0.378 e. The van der Waals surface area contributed by atoms with E-state index in [0.29, 0.717) is 5.41 Å². The van der Waals surface area contributed by atoms with Crippen molar-refractivity contribution < 1.29 is 9.47 Å². The van der Waals surface area contributed by atoms with Crippen LogP contribution in [0.1, 0.15) is 43.9 Å². The van der Waals surface area contributed by atoms with Gasteiger partial charge in [-0.3, -0.25) is 5.10 Å². The molecule has 0 spiro atoms. The lowest BCUT2D eigenvalue weighted by molar-refractivity contribution is -0.188. The zero-order chi connectivity index (χ0) is 22.8. The van der Waals surface area contributed by atoms with Crippen LogP contribution in [0.4, 0.5) is 5.82 Å². The van der Waals surface area contributed by atoms with Crippen LogP contribution in [-0.4, -0.2) is 53.1 Å². The van der Waals surface area contributed by atoms with Crippen molar-refractivity contribution in [3.63, 3.8) is 0 Å². The number of aromatic amines is 1. The molecule has 3 aliphatic heterocycles. The predicted molar refractivity (Wildman–Crippen MR) is 134 cm³/mol. The Morgan fingerprint density at radius 3 is 2.74 bits per heavy atom. The van der Waals surface area contributed by atoms with Crippen molar-refractivity contribution in [1.82, 2.24) is 20.2 Å². The third-order valence-electron chi connectivity index (χ3n) is 8.36. The third kappa shape index (κ3) is 3.12. The van der Waals surface area contributed by atoms with E-state index in [1.54, 1.807) is 0 Å². The van der Waals surface area contributed by atoms with Gasteiger partial charge in [-0.1, -0.05) is 19.1 Å². The van der Waals surface area contributed by atoms with Crippen molar-refractivity contribution in [3.05, 3.63) is 35.3 Å². The second-order valence-corrected chi connectivity index (χ2v) is 11.1. The van der Waals surface area contributed by atoms with Crippen LogP contribution in [0.15, 0.2) is 30.5 Å². The maximum atomic E-state index is 6.64. The number of morpholine rings is 1. The molecule has 4 aromatic rings. The van der Waals surface area contributed by atoms with Gasteiger partial charge in [0.25, 0.3) is 0 Å². The minimum absolute atomic E-state index is 0.157. The monoisotopic (exact) mass is 475 g/mol. The van der Waals surface area contributed by atoms with Gasteiger partial charge in [0.2, 0.25) is 0 Å². The van der Waals surface area contributed by atoms with E-state index < -0.39 is 0 Å². The first kappa shape index (κ1) is 20.8. The summed E-state index contributed by atoms with van der Waals surface area (Å²) in [5.74, 6) is 1.77. The minimum atomic E-state index is -0.157. The fourth-order valence-corrected chi connectivity index (χ4v) is 7.26. The van der Waals surface area contributed by atoms with Crippen molar-refractivity contribution in [2.24, 2.45) is 5.41 Å². The number of benzene rings is 1. The molecular weight excluding hydrogens is 446 g/mol. The Kier molecular flexibility index (Phi) is 4.73. The Balaban J connectivity index is 1.38. The topological polar surface area (TPSA) is 76.2 Å². The van der Waals surface area contributed by atoms with Crippen LogP contribution in [0.3, 0.4) is 0 Å². The zero-order valence-corrected chi connectivity index (χ0v) is 20.3. The van der Waals surface area contributed by atoms with Crippen molar-refractivity contribution >= 4 is 38.3 Å². The van der Waals surface area contributed by atoms with E-state index in [0.717, 1.165) is 84.1 Å². The number of nitrogens with one attached hydrogen (secondary N) is 1. The SMILES string of the molecule is CCC12CCC(c3cc4nc(-c5cccc6[nH]ncc56)nc(N5CCOCC5)c4s3)(CC1)OC2. The molecule has 1 aromatic carbocycles. The smallest absolute Gasteiger partial charge is 0.162 e. The molecule has 1 aliphatic carbocycles. The van der Waals surface area contributed by atoms with E-state index in [1.165, 1.54) is 24.1 Å². The summed E-state index contributed by atoms with van der Waals surface area (Å²) in [6, 6.07) is 8.45. The molecule has 2 bridgehead atoms. The first-order valence-electron chi connectivity index (χ1n) is 12.4. The van der Waals surface area contributed by atoms with Gasteiger partial charge in [0.05, 0.1) is 41.8 Å². The molecule has 3 aromatic heterocycles. The highest BCUT2D eigenvalue weighted by Gasteiger charge is 2.50. The lowest BCUT2D eigenvalue weighted by Gasteiger charge is -2.52. The van der Waals surface area contributed by atoms with Gasteiger partial charge in [-0.25, -0.2) is 9.97 Å². The van der Waals surface area contributed by atoms with E-state index in [-0.39, 0.29) is 5.60 Å². The zero-order valence-electron chi connectivity index (χ0n) is 19.5. The number of fused-ring (bicyclic) bond motifs is 5. The summed E-state index contributed by atoms with van der Waals surface area (Å²) in [6.45, 7) is 6.33. The number of rotatable bonds is 4. The van der Waals surface area contributed by atoms with Crippen LogP contribution in [0, 0.1) is 5.41 Å². The number of anilines is 1. The number of hydrogen-bond donors (Lipinski definition) is 1. The maximum absolute atomic E-state index is 6.64. The number of ether oxygens (including phenoxy) is 2. The number of thiophene rings is 1. The molecule has 176 valence electrons. The van der Waals surface area contributed by atoms with E-state index in [1.807, 2.05) is 29.7 Å². The summed E-state index contributed by atoms with van der Waals surface area (Å²) in [5, 5.41) is 8.36. The lowest BCUT2D eigenvalue weighted by atomic mass is 9.64. The molecule has 0 atom stereocenters. The maximum Gasteiger partial charge on any atom is 0.162 e. The van der Waals surface area contributed by atoms with Crippen molar-refractivity contribution in [2.75, 3.05) is 37.8 Å². The van der Waals surface area contributed by atoms with Gasteiger partial charge in [-0.15, -0.1) is 11.3 Å². The third-order valence-corrected chi connectivity index (χ3v) is 9.67. The van der Waals surface area contributed by atoms with Crippen LogP contribution in [-0.2, 0) is 15.1 Å². The van der Waals surface area contributed by atoms with Crippen LogP contribution in [0.2, 0.25) is 0 Å². The molecule has 0 unspecified atom stereocenters. The number of hydrogen-bond acceptors (Lipinski definition) is 7. The summed E-state index contributed by atoms with van der Waals surface area (Å²) in [5.41, 5.74) is 3.26. The average molecular weight is 476 g/mol. The molecule has 0 amide bonds. The van der Waals surface area contributed by atoms with Gasteiger partial charge in [0.15, 0.2) is 11.6 Å². The van der Waals surface area contributed by atoms with E-state index in [4.69, 9.17) is 19.4 Å². The normalized spacial score (nSPS) is 27.1. The largest absolute Gasteiger partial charge is 0.378 e. The van der Waals surface area contributed by atoms with Crippen LogP contribution in [0.5, 0.6) is 0 Å². The summed E-state index contributed by atoms with van der Waals surface area (Å²) >= 11 is 1.84. The fourth-order valence-electron chi connectivity index (χ4n) is 5.95. The average Bonchev–Trinajstić information content (AvgIpc) is 3.57. The molecule has 0 radical (unpaired) electrons. The molecule has 34 heavy (non-hydrogen) atoms. The molecule has 1 saturated carbocycles. The summed E-state index contributed by atoms with van der Waals surface area (Å²) in [6.07, 6.45) is 7.80. The number of nitrogens with zero attached hydrogens (tertiary/aromatic N) is 4. The Bertz CT molecular complexity index is 1350. The fraction of sp³-hybridized carbons (Fsp3) is 0.500. The molecule has 4 fully saturated rings. The van der Waals surface area contributed by atoms with Gasteiger partial charge in [-0.2, -0.15) is 5.10 Å². The molecule has 8 rings (SSSR count). The van der Waals surface area contributed by atoms with Crippen molar-refractivity contribution in [1.29, 1.82) is 0 Å². The molecular formula is C26H29N5O2S. The Labute approximate surface area is 202 Å². The quantitative estimate of drug-likeness (QED) is 0.434. The molecule has 6 heterocycles. The Morgan fingerprint density at radius 2 is 1.97 bits per heavy atom. The molecule has 8 heteroatoms. The van der Waals surface area contributed by atoms with Crippen LogP contribution in [0.25, 0.3) is 32.5 Å².